The zero-order valence-electron chi connectivity index (χ0n) is 16.9. The quantitative estimate of drug-likeness (QED) is 0.681. The molecule has 2 N–H and O–H groups in total. The van der Waals surface area contributed by atoms with E-state index in [1.165, 1.54) is 0 Å². The number of carbonyl (C=O) groups excluding carboxylic acids is 2. The topological polar surface area (TPSA) is 98.4 Å². The standard InChI is InChI=1S/C24H22N4O3/c25-16-17-3-1-4-19(15-17)23(29)27-20-7-5-18(6-8-20)21-9-10-22(31-21)24(30)28-13-2-11-26-12-14-28/h1,3-10,15,26H,2,11-14H2,(H,27,29). The first-order valence-corrected chi connectivity index (χ1v) is 10.2. The van der Waals surface area contributed by atoms with E-state index < -0.39 is 0 Å². The Bertz CT molecular complexity index is 1120. The van der Waals surface area contributed by atoms with Crippen molar-refractivity contribution in [2.24, 2.45) is 0 Å². The number of benzene rings is 2. The predicted molar refractivity (Wildman–Crippen MR) is 117 cm³/mol. The van der Waals surface area contributed by atoms with Crippen molar-refractivity contribution in [3.8, 4) is 17.4 Å². The Morgan fingerprint density at radius 2 is 1.87 bits per heavy atom. The molecule has 1 aromatic heterocycles. The van der Waals surface area contributed by atoms with Crippen LogP contribution in [-0.4, -0.2) is 42.9 Å². The van der Waals surface area contributed by atoms with E-state index in [4.69, 9.17) is 9.68 Å². The van der Waals surface area contributed by atoms with Crippen LogP contribution in [0.4, 0.5) is 5.69 Å². The summed E-state index contributed by atoms with van der Waals surface area (Å²) in [6.07, 6.45) is 0.924. The average Bonchev–Trinajstić information content (AvgIpc) is 3.14. The van der Waals surface area contributed by atoms with Crippen molar-refractivity contribution < 1.29 is 14.0 Å². The lowest BCUT2D eigenvalue weighted by molar-refractivity contribution is 0.0735. The molecule has 2 aromatic carbocycles. The third kappa shape index (κ3) is 4.82. The molecule has 7 nitrogen and oxygen atoms in total. The minimum absolute atomic E-state index is 0.0987. The number of nitriles is 1. The van der Waals surface area contributed by atoms with Crippen LogP contribution in [0.1, 0.15) is 32.9 Å². The highest BCUT2D eigenvalue weighted by atomic mass is 16.4. The summed E-state index contributed by atoms with van der Waals surface area (Å²) >= 11 is 0. The van der Waals surface area contributed by atoms with Crippen LogP contribution in [0.15, 0.2) is 65.1 Å². The molecular weight excluding hydrogens is 392 g/mol. The lowest BCUT2D eigenvalue weighted by Gasteiger charge is -2.18. The Morgan fingerprint density at radius 1 is 1.03 bits per heavy atom. The minimum atomic E-state index is -0.289. The highest BCUT2D eigenvalue weighted by molar-refractivity contribution is 6.04. The van der Waals surface area contributed by atoms with E-state index in [1.807, 2.05) is 23.1 Å². The number of hydrogen-bond donors (Lipinski definition) is 2. The van der Waals surface area contributed by atoms with Crippen molar-refractivity contribution in [1.82, 2.24) is 10.2 Å². The summed E-state index contributed by atoms with van der Waals surface area (Å²) in [7, 11) is 0. The molecule has 1 fully saturated rings. The molecule has 0 atom stereocenters. The van der Waals surface area contributed by atoms with E-state index in [0.29, 0.717) is 41.4 Å². The maximum Gasteiger partial charge on any atom is 0.289 e. The van der Waals surface area contributed by atoms with Gasteiger partial charge in [-0.15, -0.1) is 0 Å². The molecule has 7 heteroatoms. The maximum absolute atomic E-state index is 12.7. The lowest BCUT2D eigenvalue weighted by atomic mass is 10.1. The van der Waals surface area contributed by atoms with Gasteiger partial charge < -0.3 is 20.0 Å². The molecule has 1 aliphatic rings. The van der Waals surface area contributed by atoms with Crippen LogP contribution in [0.3, 0.4) is 0 Å². The van der Waals surface area contributed by atoms with Gasteiger partial charge in [-0.05, 0) is 67.6 Å². The Kier molecular flexibility index (Phi) is 6.11. The van der Waals surface area contributed by atoms with Crippen LogP contribution in [0.25, 0.3) is 11.3 Å². The molecule has 0 aliphatic carbocycles. The molecule has 2 amide bonds. The molecule has 1 aliphatic heterocycles. The molecular formula is C24H22N4O3. The van der Waals surface area contributed by atoms with Crippen LogP contribution >= 0.6 is 0 Å². The van der Waals surface area contributed by atoms with Crippen LogP contribution in [0.5, 0.6) is 0 Å². The number of hydrogen-bond acceptors (Lipinski definition) is 5. The Hall–Kier alpha value is -3.89. The molecule has 2 heterocycles. The molecule has 0 spiro atoms. The SMILES string of the molecule is N#Cc1cccc(C(=O)Nc2ccc(-c3ccc(C(=O)N4CCCNCC4)o3)cc2)c1. The summed E-state index contributed by atoms with van der Waals surface area (Å²) in [5.41, 5.74) is 2.28. The van der Waals surface area contributed by atoms with Gasteiger partial charge in [0.15, 0.2) is 5.76 Å². The summed E-state index contributed by atoms with van der Waals surface area (Å²) < 4.78 is 5.81. The Balaban J connectivity index is 1.43. The van der Waals surface area contributed by atoms with Gasteiger partial charge in [0.05, 0.1) is 11.6 Å². The first kappa shape index (κ1) is 20.4. The van der Waals surface area contributed by atoms with Gasteiger partial charge in [0.1, 0.15) is 5.76 Å². The second-order valence-corrected chi connectivity index (χ2v) is 7.28. The number of amides is 2. The summed E-state index contributed by atoms with van der Waals surface area (Å²) in [4.78, 5) is 26.9. The largest absolute Gasteiger partial charge is 0.451 e. The fraction of sp³-hybridized carbons (Fsp3) is 0.208. The van der Waals surface area contributed by atoms with Gasteiger partial charge in [0, 0.05) is 36.4 Å². The van der Waals surface area contributed by atoms with E-state index in [1.54, 1.807) is 48.5 Å². The van der Waals surface area contributed by atoms with Crippen LogP contribution < -0.4 is 10.6 Å². The molecule has 0 unspecified atom stereocenters. The zero-order chi connectivity index (χ0) is 21.6. The lowest BCUT2D eigenvalue weighted by Crippen LogP contribution is -2.33. The minimum Gasteiger partial charge on any atom is -0.451 e. The molecule has 0 saturated carbocycles. The van der Waals surface area contributed by atoms with E-state index in [-0.39, 0.29) is 11.8 Å². The zero-order valence-corrected chi connectivity index (χ0v) is 16.9. The smallest absolute Gasteiger partial charge is 0.289 e. The highest BCUT2D eigenvalue weighted by Crippen LogP contribution is 2.25. The summed E-state index contributed by atoms with van der Waals surface area (Å²) in [6, 6.07) is 19.2. The highest BCUT2D eigenvalue weighted by Gasteiger charge is 2.20. The number of rotatable bonds is 4. The van der Waals surface area contributed by atoms with Crippen molar-refractivity contribution in [3.05, 3.63) is 77.6 Å². The Morgan fingerprint density at radius 3 is 2.68 bits per heavy atom. The maximum atomic E-state index is 12.7. The second kappa shape index (κ2) is 9.28. The van der Waals surface area contributed by atoms with Crippen LogP contribution in [0, 0.1) is 11.3 Å². The van der Waals surface area contributed by atoms with Crippen LogP contribution in [-0.2, 0) is 0 Å². The number of nitrogens with zero attached hydrogens (tertiary/aromatic N) is 2. The van der Waals surface area contributed by atoms with E-state index >= 15 is 0 Å². The normalized spacial score (nSPS) is 13.8. The van der Waals surface area contributed by atoms with Crippen molar-refractivity contribution in [2.75, 3.05) is 31.5 Å². The summed E-state index contributed by atoms with van der Waals surface area (Å²) in [5, 5.41) is 15.1. The van der Waals surface area contributed by atoms with Gasteiger partial charge in [-0.3, -0.25) is 9.59 Å². The summed E-state index contributed by atoms with van der Waals surface area (Å²) in [5.74, 6) is 0.531. The average molecular weight is 414 g/mol. The van der Waals surface area contributed by atoms with Gasteiger partial charge in [-0.2, -0.15) is 5.26 Å². The molecule has 156 valence electrons. The van der Waals surface area contributed by atoms with E-state index in [0.717, 1.165) is 25.1 Å². The molecule has 31 heavy (non-hydrogen) atoms. The van der Waals surface area contributed by atoms with Gasteiger partial charge in [-0.1, -0.05) is 6.07 Å². The second-order valence-electron chi connectivity index (χ2n) is 7.28. The Labute approximate surface area is 180 Å². The number of anilines is 1. The van der Waals surface area contributed by atoms with Crippen molar-refractivity contribution in [2.45, 2.75) is 6.42 Å². The molecule has 0 radical (unpaired) electrons. The monoisotopic (exact) mass is 414 g/mol. The van der Waals surface area contributed by atoms with E-state index in [9.17, 15) is 9.59 Å². The third-order valence-electron chi connectivity index (χ3n) is 5.13. The first-order chi connectivity index (χ1) is 15.1. The van der Waals surface area contributed by atoms with Crippen LogP contribution in [0.2, 0.25) is 0 Å². The van der Waals surface area contributed by atoms with Crippen molar-refractivity contribution in [1.29, 1.82) is 5.26 Å². The van der Waals surface area contributed by atoms with Gasteiger partial charge in [0.2, 0.25) is 0 Å². The molecule has 1 saturated heterocycles. The summed E-state index contributed by atoms with van der Waals surface area (Å²) in [6.45, 7) is 3.08. The molecule has 3 aromatic rings. The molecule has 4 rings (SSSR count). The van der Waals surface area contributed by atoms with Crippen molar-refractivity contribution in [3.63, 3.8) is 0 Å². The van der Waals surface area contributed by atoms with Gasteiger partial charge in [-0.25, -0.2) is 0 Å². The predicted octanol–water partition coefficient (Wildman–Crippen LogP) is 3.51. The number of furan rings is 1. The first-order valence-electron chi connectivity index (χ1n) is 10.2. The third-order valence-corrected chi connectivity index (χ3v) is 5.13. The van der Waals surface area contributed by atoms with E-state index in [2.05, 4.69) is 10.6 Å². The molecule has 0 bridgehead atoms. The fourth-order valence-electron chi connectivity index (χ4n) is 3.46. The van der Waals surface area contributed by atoms with Gasteiger partial charge in [0.25, 0.3) is 11.8 Å². The van der Waals surface area contributed by atoms with Crippen molar-refractivity contribution >= 4 is 17.5 Å². The number of carbonyl (C=O) groups is 2. The van der Waals surface area contributed by atoms with Gasteiger partial charge >= 0.3 is 0 Å². The number of nitrogens with one attached hydrogen (secondary N) is 2. The fourth-order valence-corrected chi connectivity index (χ4v) is 3.46.